The number of carbonyl (C=O) groups is 1. The monoisotopic (exact) mass is 299 g/mol. The van der Waals surface area contributed by atoms with E-state index in [2.05, 4.69) is 17.3 Å². The number of hydrogen-bond donors (Lipinski definition) is 2. The smallest absolute Gasteiger partial charge is 0.410 e. The van der Waals surface area contributed by atoms with Crippen LogP contribution < -0.4 is 5.32 Å². The first-order valence-corrected chi connectivity index (χ1v) is 7.85. The molecule has 2 heterocycles. The Hall–Kier alpha value is -0.850. The van der Waals surface area contributed by atoms with Crippen LogP contribution in [-0.4, -0.2) is 78.0 Å². The number of carbonyl (C=O) groups excluding carboxylic acids is 1. The van der Waals surface area contributed by atoms with E-state index in [4.69, 9.17) is 4.74 Å². The molecule has 21 heavy (non-hydrogen) atoms. The topological polar surface area (TPSA) is 65.0 Å². The Balaban J connectivity index is 1.82. The number of likely N-dealkylation sites (tertiary alicyclic amines) is 2. The van der Waals surface area contributed by atoms with Crippen molar-refractivity contribution >= 4 is 6.09 Å². The summed E-state index contributed by atoms with van der Waals surface area (Å²) in [5.74, 6) is 0. The Morgan fingerprint density at radius 2 is 1.86 bits per heavy atom. The molecule has 1 amide bonds. The van der Waals surface area contributed by atoms with Crippen LogP contribution in [0, 0.1) is 0 Å². The number of aliphatic hydroxyl groups is 1. The summed E-state index contributed by atoms with van der Waals surface area (Å²) in [7, 11) is 2.13. The molecule has 6 nitrogen and oxygen atoms in total. The number of aliphatic hydroxyl groups excluding tert-OH is 1. The van der Waals surface area contributed by atoms with E-state index >= 15 is 0 Å². The number of hydrogen-bond acceptors (Lipinski definition) is 5. The van der Waals surface area contributed by atoms with E-state index in [1.165, 1.54) is 0 Å². The van der Waals surface area contributed by atoms with Crippen LogP contribution in [0.5, 0.6) is 0 Å². The summed E-state index contributed by atoms with van der Waals surface area (Å²) >= 11 is 0. The van der Waals surface area contributed by atoms with E-state index in [0.29, 0.717) is 19.1 Å². The van der Waals surface area contributed by atoms with Crippen molar-refractivity contribution in [3.8, 4) is 0 Å². The molecule has 0 bridgehead atoms. The highest BCUT2D eigenvalue weighted by Gasteiger charge is 2.37. The molecule has 2 atom stereocenters. The molecule has 0 unspecified atom stereocenters. The zero-order valence-electron chi connectivity index (χ0n) is 13.6. The van der Waals surface area contributed by atoms with E-state index in [-0.39, 0.29) is 12.1 Å². The average Bonchev–Trinajstić information content (AvgIpc) is 2.72. The van der Waals surface area contributed by atoms with Gasteiger partial charge >= 0.3 is 6.09 Å². The van der Waals surface area contributed by atoms with Gasteiger partial charge in [-0.05, 0) is 53.8 Å². The van der Waals surface area contributed by atoms with E-state index < -0.39 is 11.7 Å². The second-order valence-electron chi connectivity index (χ2n) is 7.30. The van der Waals surface area contributed by atoms with Crippen molar-refractivity contribution in [2.45, 2.75) is 57.4 Å². The second kappa shape index (κ2) is 6.50. The molecule has 0 aromatic heterocycles. The van der Waals surface area contributed by atoms with Gasteiger partial charge in [-0.3, -0.25) is 0 Å². The fourth-order valence-electron chi connectivity index (χ4n) is 2.90. The first kappa shape index (κ1) is 16.5. The lowest BCUT2D eigenvalue weighted by atomic mass is 10.0. The van der Waals surface area contributed by atoms with Gasteiger partial charge in [-0.1, -0.05) is 0 Å². The first-order chi connectivity index (χ1) is 9.74. The number of nitrogens with one attached hydrogen (secondary N) is 1. The lowest BCUT2D eigenvalue weighted by Gasteiger charge is -2.32. The molecule has 0 radical (unpaired) electrons. The third-order valence-electron chi connectivity index (χ3n) is 4.11. The maximum atomic E-state index is 12.0. The van der Waals surface area contributed by atoms with Gasteiger partial charge in [-0.25, -0.2) is 4.79 Å². The normalized spacial score (nSPS) is 28.9. The summed E-state index contributed by atoms with van der Waals surface area (Å²) in [6.45, 7) is 8.58. The van der Waals surface area contributed by atoms with Gasteiger partial charge in [-0.15, -0.1) is 0 Å². The number of ether oxygens (including phenoxy) is 1. The van der Waals surface area contributed by atoms with E-state index in [1.807, 2.05) is 20.8 Å². The summed E-state index contributed by atoms with van der Waals surface area (Å²) in [5, 5.41) is 13.7. The Morgan fingerprint density at radius 1 is 1.24 bits per heavy atom. The van der Waals surface area contributed by atoms with Crippen molar-refractivity contribution in [3.05, 3.63) is 0 Å². The van der Waals surface area contributed by atoms with Gasteiger partial charge in [-0.2, -0.15) is 0 Å². The van der Waals surface area contributed by atoms with E-state index in [1.54, 1.807) is 4.90 Å². The first-order valence-electron chi connectivity index (χ1n) is 7.85. The highest BCUT2D eigenvalue weighted by molar-refractivity contribution is 5.68. The average molecular weight is 299 g/mol. The molecule has 0 saturated carbocycles. The number of piperidine rings is 1. The maximum absolute atomic E-state index is 12.0. The molecule has 0 aromatic rings. The minimum Gasteiger partial charge on any atom is -0.444 e. The van der Waals surface area contributed by atoms with Crippen LogP contribution in [0.2, 0.25) is 0 Å². The molecular weight excluding hydrogens is 270 g/mol. The van der Waals surface area contributed by atoms with Gasteiger partial charge in [0.05, 0.1) is 18.7 Å². The predicted octanol–water partition coefficient (Wildman–Crippen LogP) is 0.650. The predicted molar refractivity (Wildman–Crippen MR) is 81.3 cm³/mol. The Kier molecular flexibility index (Phi) is 5.11. The quantitative estimate of drug-likeness (QED) is 0.784. The number of amides is 1. The van der Waals surface area contributed by atoms with Crippen LogP contribution in [0.25, 0.3) is 0 Å². The molecule has 2 saturated heterocycles. The molecule has 2 fully saturated rings. The number of rotatable bonds is 2. The zero-order valence-corrected chi connectivity index (χ0v) is 13.6. The minimum atomic E-state index is -0.517. The summed E-state index contributed by atoms with van der Waals surface area (Å²) in [4.78, 5) is 16.0. The summed E-state index contributed by atoms with van der Waals surface area (Å²) in [5.41, 5.74) is -0.499. The summed E-state index contributed by atoms with van der Waals surface area (Å²) in [6, 6.07) is 0.380. The lowest BCUT2D eigenvalue weighted by molar-refractivity contribution is 0.0270. The van der Waals surface area contributed by atoms with E-state index in [0.717, 1.165) is 25.9 Å². The largest absolute Gasteiger partial charge is 0.444 e. The third-order valence-corrected chi connectivity index (χ3v) is 4.11. The van der Waals surface area contributed by atoms with Gasteiger partial charge in [0.1, 0.15) is 5.60 Å². The molecule has 0 aromatic carbocycles. The zero-order chi connectivity index (χ0) is 15.6. The van der Waals surface area contributed by atoms with Gasteiger partial charge in [0.15, 0.2) is 0 Å². The molecule has 2 aliphatic rings. The van der Waals surface area contributed by atoms with Crippen LogP contribution >= 0.6 is 0 Å². The van der Waals surface area contributed by atoms with Crippen molar-refractivity contribution in [3.63, 3.8) is 0 Å². The summed E-state index contributed by atoms with van der Waals surface area (Å²) in [6.07, 6.45) is 1.32. The molecule has 6 heteroatoms. The van der Waals surface area contributed by atoms with Crippen molar-refractivity contribution in [2.75, 3.05) is 33.2 Å². The summed E-state index contributed by atoms with van der Waals surface area (Å²) < 4.78 is 5.36. The van der Waals surface area contributed by atoms with Crippen LogP contribution in [0.15, 0.2) is 0 Å². The number of nitrogens with zero attached hydrogens (tertiary/aromatic N) is 2. The molecule has 122 valence electrons. The second-order valence-corrected chi connectivity index (χ2v) is 7.30. The van der Waals surface area contributed by atoms with Crippen molar-refractivity contribution in [1.29, 1.82) is 0 Å². The van der Waals surface area contributed by atoms with Gasteiger partial charge in [0.2, 0.25) is 0 Å². The standard InChI is InChI=1S/C15H29N3O3/c1-15(2,3)21-14(20)18-9-12(13(19)10-18)16-11-5-7-17(4)8-6-11/h11-13,16,19H,5-10H2,1-4H3/t12-,13-/m1/s1. The Morgan fingerprint density at radius 3 is 2.43 bits per heavy atom. The molecule has 2 N–H and O–H groups in total. The van der Waals surface area contributed by atoms with Gasteiger partial charge in [0.25, 0.3) is 0 Å². The van der Waals surface area contributed by atoms with Crippen molar-refractivity contribution < 1.29 is 14.6 Å². The van der Waals surface area contributed by atoms with Crippen LogP contribution in [0.4, 0.5) is 4.79 Å². The van der Waals surface area contributed by atoms with Crippen LogP contribution in [0.1, 0.15) is 33.6 Å². The molecule has 0 spiro atoms. The Labute approximate surface area is 127 Å². The van der Waals surface area contributed by atoms with Crippen LogP contribution in [0.3, 0.4) is 0 Å². The minimum absolute atomic E-state index is 0.0501. The van der Waals surface area contributed by atoms with Gasteiger partial charge < -0.3 is 25.0 Å². The fraction of sp³-hybridized carbons (Fsp3) is 0.933. The molecular formula is C15H29N3O3. The lowest BCUT2D eigenvalue weighted by Crippen LogP contribution is -2.49. The molecule has 2 rings (SSSR count). The number of β-amino-alcohol motifs (C(OH)–C–C–N with tert-alkyl or cyclic N) is 1. The van der Waals surface area contributed by atoms with E-state index in [9.17, 15) is 9.90 Å². The SMILES string of the molecule is CN1CCC(N[C@@H]2CN(C(=O)OC(C)(C)C)C[C@H]2O)CC1. The maximum Gasteiger partial charge on any atom is 0.410 e. The van der Waals surface area contributed by atoms with Crippen LogP contribution in [-0.2, 0) is 4.74 Å². The molecule has 2 aliphatic heterocycles. The highest BCUT2D eigenvalue weighted by Crippen LogP contribution is 2.18. The third kappa shape index (κ3) is 4.83. The highest BCUT2D eigenvalue weighted by atomic mass is 16.6. The fourth-order valence-corrected chi connectivity index (χ4v) is 2.90. The van der Waals surface area contributed by atoms with Crippen molar-refractivity contribution in [1.82, 2.24) is 15.1 Å². The van der Waals surface area contributed by atoms with Crippen molar-refractivity contribution in [2.24, 2.45) is 0 Å². The molecule has 0 aliphatic carbocycles. The van der Waals surface area contributed by atoms with Gasteiger partial charge in [0, 0.05) is 12.6 Å². The Bertz CT molecular complexity index is 362.